The Hall–Kier alpha value is -2.96. The summed E-state index contributed by atoms with van der Waals surface area (Å²) in [5.74, 6) is -1.35. The number of hydrogen-bond acceptors (Lipinski definition) is 3. The average Bonchev–Trinajstić information content (AvgIpc) is 2.57. The number of rotatable bonds is 6. The van der Waals surface area contributed by atoms with Gasteiger partial charge < -0.3 is 14.6 Å². The number of carboxylic acids is 1. The lowest BCUT2D eigenvalue weighted by molar-refractivity contribution is -0.138. The first-order valence-corrected chi connectivity index (χ1v) is 7.18. The maximum absolute atomic E-state index is 13.2. The summed E-state index contributed by atoms with van der Waals surface area (Å²) in [7, 11) is 1.23. The van der Waals surface area contributed by atoms with Crippen LogP contribution >= 0.6 is 0 Å². The van der Waals surface area contributed by atoms with Crippen molar-refractivity contribution in [3.63, 3.8) is 0 Å². The van der Waals surface area contributed by atoms with E-state index in [0.717, 1.165) is 23.8 Å². The second-order valence-corrected chi connectivity index (χ2v) is 5.03. The minimum atomic E-state index is -4.66. The molecular weight excluding hydrogens is 337 g/mol. The third-order valence-corrected chi connectivity index (χ3v) is 3.28. The smallest absolute Gasteiger partial charge is 0.417 e. The summed E-state index contributed by atoms with van der Waals surface area (Å²) in [4.78, 5) is 10.6. The Labute approximate surface area is 142 Å². The van der Waals surface area contributed by atoms with Crippen LogP contribution in [0.15, 0.2) is 48.5 Å². The highest BCUT2D eigenvalue weighted by Gasteiger charge is 2.34. The molecule has 0 atom stereocenters. The molecule has 0 saturated heterocycles. The first-order chi connectivity index (χ1) is 11.8. The molecule has 1 N–H and O–H groups in total. The van der Waals surface area contributed by atoms with Gasteiger partial charge in [-0.1, -0.05) is 30.3 Å². The summed E-state index contributed by atoms with van der Waals surface area (Å²) in [5.41, 5.74) is -0.500. The van der Waals surface area contributed by atoms with E-state index in [4.69, 9.17) is 14.6 Å². The first kappa shape index (κ1) is 18.4. The van der Waals surface area contributed by atoms with E-state index in [1.807, 2.05) is 30.3 Å². The number of methoxy groups -OCH3 is 1. The van der Waals surface area contributed by atoms with Gasteiger partial charge >= 0.3 is 12.1 Å². The zero-order chi connectivity index (χ0) is 18.4. The zero-order valence-corrected chi connectivity index (χ0v) is 13.2. The third-order valence-electron chi connectivity index (χ3n) is 3.28. The van der Waals surface area contributed by atoms with Crippen molar-refractivity contribution in [3.8, 4) is 11.5 Å². The second-order valence-electron chi connectivity index (χ2n) is 5.03. The van der Waals surface area contributed by atoms with Crippen molar-refractivity contribution in [2.45, 2.75) is 12.8 Å². The van der Waals surface area contributed by atoms with Gasteiger partial charge in [0, 0.05) is 6.08 Å². The number of aliphatic carboxylic acids is 1. The number of halogens is 3. The topological polar surface area (TPSA) is 55.8 Å². The molecule has 4 nitrogen and oxygen atoms in total. The van der Waals surface area contributed by atoms with Crippen molar-refractivity contribution >= 4 is 12.0 Å². The zero-order valence-electron chi connectivity index (χ0n) is 13.2. The number of carboxylic acid groups (broad SMARTS) is 1. The molecule has 0 spiro atoms. The third kappa shape index (κ3) is 5.00. The van der Waals surface area contributed by atoms with E-state index in [-0.39, 0.29) is 23.7 Å². The minimum Gasteiger partial charge on any atom is -0.493 e. The van der Waals surface area contributed by atoms with E-state index in [2.05, 4.69) is 0 Å². The highest BCUT2D eigenvalue weighted by molar-refractivity contribution is 5.85. The lowest BCUT2D eigenvalue weighted by atomic mass is 10.0. The summed E-state index contributed by atoms with van der Waals surface area (Å²) in [5, 5.41) is 8.67. The fraction of sp³-hybridized carbons (Fsp3) is 0.167. The van der Waals surface area contributed by atoms with Crippen LogP contribution in [0.25, 0.3) is 6.08 Å². The molecule has 0 fully saturated rings. The van der Waals surface area contributed by atoms with E-state index in [1.165, 1.54) is 7.11 Å². The van der Waals surface area contributed by atoms with Gasteiger partial charge in [0.2, 0.25) is 0 Å². The molecule has 0 bridgehead atoms. The van der Waals surface area contributed by atoms with Crippen molar-refractivity contribution in [2.75, 3.05) is 7.11 Å². The van der Waals surface area contributed by atoms with Crippen LogP contribution in [-0.4, -0.2) is 18.2 Å². The van der Waals surface area contributed by atoms with Crippen molar-refractivity contribution in [3.05, 3.63) is 65.2 Å². The number of ether oxygens (including phenoxy) is 2. The van der Waals surface area contributed by atoms with Gasteiger partial charge in [0.05, 0.1) is 12.7 Å². The largest absolute Gasteiger partial charge is 0.493 e. The van der Waals surface area contributed by atoms with Gasteiger partial charge in [-0.2, -0.15) is 13.2 Å². The molecule has 2 aromatic rings. The summed E-state index contributed by atoms with van der Waals surface area (Å²) in [6.07, 6.45) is -3.15. The quantitative estimate of drug-likeness (QED) is 0.784. The molecule has 0 radical (unpaired) electrons. The van der Waals surface area contributed by atoms with E-state index in [9.17, 15) is 18.0 Å². The summed E-state index contributed by atoms with van der Waals surface area (Å²) in [6, 6.07) is 11.0. The predicted octanol–water partition coefficient (Wildman–Crippen LogP) is 4.39. The predicted molar refractivity (Wildman–Crippen MR) is 85.4 cm³/mol. The Morgan fingerprint density at radius 1 is 1.16 bits per heavy atom. The monoisotopic (exact) mass is 352 g/mol. The number of alkyl halides is 3. The standard InChI is InChI=1S/C18H15F3O4/c1-24-15-10-14(18(19,20)21)13(7-8-17(22)23)9-16(15)25-11-12-5-3-2-4-6-12/h2-10H,11H2,1H3,(H,22,23). The van der Waals surface area contributed by atoms with Gasteiger partial charge in [-0.3, -0.25) is 0 Å². The van der Waals surface area contributed by atoms with Crippen LogP contribution in [0.3, 0.4) is 0 Å². The first-order valence-electron chi connectivity index (χ1n) is 7.18. The maximum atomic E-state index is 13.2. The van der Waals surface area contributed by atoms with E-state index in [1.54, 1.807) is 0 Å². The Balaban J connectivity index is 2.41. The number of carbonyl (C=O) groups is 1. The molecule has 0 aromatic heterocycles. The Bertz CT molecular complexity index is 768. The molecule has 0 unspecified atom stereocenters. The van der Waals surface area contributed by atoms with Gasteiger partial charge in [-0.05, 0) is 29.3 Å². The van der Waals surface area contributed by atoms with Gasteiger partial charge in [0.1, 0.15) is 6.61 Å². The second kappa shape index (κ2) is 7.74. The molecular formula is C18H15F3O4. The van der Waals surface area contributed by atoms with Gasteiger partial charge in [0.15, 0.2) is 11.5 Å². The normalized spacial score (nSPS) is 11.5. The van der Waals surface area contributed by atoms with Crippen molar-refractivity contribution in [2.24, 2.45) is 0 Å². The molecule has 132 valence electrons. The van der Waals surface area contributed by atoms with Crippen LogP contribution in [-0.2, 0) is 17.6 Å². The lowest BCUT2D eigenvalue weighted by Gasteiger charge is -2.16. The molecule has 2 aromatic carbocycles. The van der Waals surface area contributed by atoms with Crippen LogP contribution < -0.4 is 9.47 Å². The fourth-order valence-electron chi connectivity index (χ4n) is 2.13. The van der Waals surface area contributed by atoms with Crippen LogP contribution in [0.4, 0.5) is 13.2 Å². The van der Waals surface area contributed by atoms with Crippen LogP contribution in [0, 0.1) is 0 Å². The van der Waals surface area contributed by atoms with E-state index >= 15 is 0 Å². The number of benzene rings is 2. The van der Waals surface area contributed by atoms with E-state index < -0.39 is 17.7 Å². The minimum absolute atomic E-state index is 0.0873. The van der Waals surface area contributed by atoms with Crippen molar-refractivity contribution < 1.29 is 32.5 Å². The van der Waals surface area contributed by atoms with Gasteiger partial charge in [-0.15, -0.1) is 0 Å². The summed E-state index contributed by atoms with van der Waals surface area (Å²) in [6.45, 7) is 0.130. The summed E-state index contributed by atoms with van der Waals surface area (Å²) >= 11 is 0. The lowest BCUT2D eigenvalue weighted by Crippen LogP contribution is -2.09. The highest BCUT2D eigenvalue weighted by Crippen LogP contribution is 2.40. The fourth-order valence-corrected chi connectivity index (χ4v) is 2.13. The maximum Gasteiger partial charge on any atom is 0.417 e. The SMILES string of the molecule is COc1cc(C(F)(F)F)c(C=CC(=O)O)cc1OCc1ccccc1. The van der Waals surface area contributed by atoms with Crippen molar-refractivity contribution in [1.29, 1.82) is 0 Å². The molecule has 0 aliphatic carbocycles. The van der Waals surface area contributed by atoms with Crippen molar-refractivity contribution in [1.82, 2.24) is 0 Å². The molecule has 0 heterocycles. The number of hydrogen-bond donors (Lipinski definition) is 1. The highest BCUT2D eigenvalue weighted by atomic mass is 19.4. The molecule has 2 rings (SSSR count). The van der Waals surface area contributed by atoms with Gasteiger partial charge in [-0.25, -0.2) is 4.79 Å². The Kier molecular flexibility index (Phi) is 5.69. The molecule has 0 aliphatic rings. The average molecular weight is 352 g/mol. The summed E-state index contributed by atoms with van der Waals surface area (Å²) < 4.78 is 50.1. The van der Waals surface area contributed by atoms with Crippen LogP contribution in [0.5, 0.6) is 11.5 Å². The van der Waals surface area contributed by atoms with Crippen LogP contribution in [0.2, 0.25) is 0 Å². The molecule has 0 aliphatic heterocycles. The molecule has 25 heavy (non-hydrogen) atoms. The van der Waals surface area contributed by atoms with E-state index in [0.29, 0.717) is 6.08 Å². The van der Waals surface area contributed by atoms with Crippen LogP contribution in [0.1, 0.15) is 16.7 Å². The van der Waals surface area contributed by atoms with Gasteiger partial charge in [0.25, 0.3) is 0 Å². The molecule has 0 amide bonds. The Morgan fingerprint density at radius 3 is 2.40 bits per heavy atom. The Morgan fingerprint density at radius 2 is 1.84 bits per heavy atom. The molecule has 0 saturated carbocycles. The molecule has 7 heteroatoms.